The summed E-state index contributed by atoms with van der Waals surface area (Å²) in [6, 6.07) is 11.4. The van der Waals surface area contributed by atoms with Crippen LogP contribution >= 0.6 is 28.3 Å². The standard InChI is InChI=1S/C13H14BrNO2.ClH/c14-10-3-1-9(2-4-10)12-5-6-13(17-12)11(15)7-8-16;/h1-6,11,16H,7-8,15H2;1H. The molecule has 0 aliphatic heterocycles. The number of aliphatic hydroxyl groups excluding tert-OH is 1. The molecule has 98 valence electrons. The van der Waals surface area contributed by atoms with Crippen molar-refractivity contribution < 1.29 is 9.52 Å². The molecular weight excluding hydrogens is 318 g/mol. The minimum atomic E-state index is -0.246. The lowest BCUT2D eigenvalue weighted by Crippen LogP contribution is -2.10. The predicted molar refractivity (Wildman–Crippen MR) is 77.7 cm³/mol. The van der Waals surface area contributed by atoms with Crippen LogP contribution in [0, 0.1) is 0 Å². The van der Waals surface area contributed by atoms with Gasteiger partial charge in [0.05, 0.1) is 6.04 Å². The van der Waals surface area contributed by atoms with Crippen molar-refractivity contribution in [3.8, 4) is 11.3 Å². The first-order valence-electron chi connectivity index (χ1n) is 5.43. The lowest BCUT2D eigenvalue weighted by Gasteiger charge is -2.05. The van der Waals surface area contributed by atoms with Crippen molar-refractivity contribution >= 4 is 28.3 Å². The molecule has 0 bridgehead atoms. The predicted octanol–water partition coefficient (Wildman–Crippen LogP) is 3.51. The van der Waals surface area contributed by atoms with E-state index in [9.17, 15) is 0 Å². The van der Waals surface area contributed by atoms with Crippen LogP contribution in [0.15, 0.2) is 45.3 Å². The number of aliphatic hydroxyl groups is 1. The Hall–Kier alpha value is -0.810. The lowest BCUT2D eigenvalue weighted by molar-refractivity contribution is 0.269. The molecule has 0 saturated carbocycles. The lowest BCUT2D eigenvalue weighted by atomic mass is 10.2. The second kappa shape index (κ2) is 6.95. The first kappa shape index (κ1) is 15.2. The zero-order chi connectivity index (χ0) is 12.3. The Morgan fingerprint density at radius 3 is 2.44 bits per heavy atom. The summed E-state index contributed by atoms with van der Waals surface area (Å²) in [6.45, 7) is 0.0650. The Kier molecular flexibility index (Phi) is 5.88. The third-order valence-electron chi connectivity index (χ3n) is 2.56. The van der Waals surface area contributed by atoms with Crippen molar-refractivity contribution in [3.63, 3.8) is 0 Å². The minimum Gasteiger partial charge on any atom is -0.459 e. The summed E-state index contributed by atoms with van der Waals surface area (Å²) in [4.78, 5) is 0. The number of hydrogen-bond donors (Lipinski definition) is 2. The zero-order valence-corrected chi connectivity index (χ0v) is 12.1. The Balaban J connectivity index is 0.00000162. The number of benzene rings is 1. The highest BCUT2D eigenvalue weighted by atomic mass is 79.9. The molecule has 0 radical (unpaired) electrons. The van der Waals surface area contributed by atoms with Gasteiger partial charge in [-0.25, -0.2) is 0 Å². The van der Waals surface area contributed by atoms with Gasteiger partial charge in [0.25, 0.3) is 0 Å². The van der Waals surface area contributed by atoms with E-state index in [4.69, 9.17) is 15.3 Å². The molecule has 0 aliphatic rings. The molecular formula is C13H15BrClNO2. The molecule has 3 nitrogen and oxygen atoms in total. The van der Waals surface area contributed by atoms with Gasteiger partial charge in [0.2, 0.25) is 0 Å². The van der Waals surface area contributed by atoms with Crippen molar-refractivity contribution in [1.29, 1.82) is 0 Å². The van der Waals surface area contributed by atoms with E-state index in [1.807, 2.05) is 36.4 Å². The van der Waals surface area contributed by atoms with Crippen LogP contribution in [-0.4, -0.2) is 11.7 Å². The van der Waals surface area contributed by atoms with Crippen molar-refractivity contribution in [2.75, 3.05) is 6.61 Å². The SMILES string of the molecule is Cl.NC(CCO)c1ccc(-c2ccc(Br)cc2)o1. The fourth-order valence-corrected chi connectivity index (χ4v) is 1.87. The van der Waals surface area contributed by atoms with Gasteiger partial charge < -0.3 is 15.3 Å². The number of rotatable bonds is 4. The van der Waals surface area contributed by atoms with Crippen LogP contribution in [0.2, 0.25) is 0 Å². The Morgan fingerprint density at radius 2 is 1.83 bits per heavy atom. The van der Waals surface area contributed by atoms with Crippen LogP contribution in [0.3, 0.4) is 0 Å². The van der Waals surface area contributed by atoms with E-state index in [-0.39, 0.29) is 25.1 Å². The molecule has 0 fully saturated rings. The minimum absolute atomic E-state index is 0. The van der Waals surface area contributed by atoms with Crippen LogP contribution < -0.4 is 5.73 Å². The number of furan rings is 1. The molecule has 3 N–H and O–H groups in total. The average Bonchev–Trinajstić information content (AvgIpc) is 2.80. The molecule has 0 saturated heterocycles. The van der Waals surface area contributed by atoms with Crippen LogP contribution in [0.5, 0.6) is 0 Å². The van der Waals surface area contributed by atoms with Crippen molar-refractivity contribution in [2.45, 2.75) is 12.5 Å². The second-order valence-corrected chi connectivity index (χ2v) is 4.74. The van der Waals surface area contributed by atoms with E-state index < -0.39 is 0 Å². The van der Waals surface area contributed by atoms with Gasteiger partial charge in [0, 0.05) is 16.6 Å². The van der Waals surface area contributed by atoms with E-state index in [1.165, 1.54) is 0 Å². The Bertz CT molecular complexity index is 484. The van der Waals surface area contributed by atoms with E-state index >= 15 is 0 Å². The smallest absolute Gasteiger partial charge is 0.134 e. The summed E-state index contributed by atoms with van der Waals surface area (Å²) in [7, 11) is 0. The normalized spacial score (nSPS) is 11.9. The maximum absolute atomic E-state index is 8.83. The fourth-order valence-electron chi connectivity index (χ4n) is 1.60. The molecule has 18 heavy (non-hydrogen) atoms. The van der Waals surface area contributed by atoms with Crippen molar-refractivity contribution in [2.24, 2.45) is 5.73 Å². The van der Waals surface area contributed by atoms with Gasteiger partial charge in [-0.05, 0) is 30.7 Å². The van der Waals surface area contributed by atoms with Crippen molar-refractivity contribution in [3.05, 3.63) is 46.6 Å². The van der Waals surface area contributed by atoms with E-state index in [1.54, 1.807) is 0 Å². The summed E-state index contributed by atoms with van der Waals surface area (Å²) in [5, 5.41) is 8.83. The Labute approximate surface area is 121 Å². The largest absolute Gasteiger partial charge is 0.459 e. The molecule has 1 atom stereocenters. The highest BCUT2D eigenvalue weighted by Crippen LogP contribution is 2.26. The summed E-state index contributed by atoms with van der Waals surface area (Å²) >= 11 is 3.39. The monoisotopic (exact) mass is 331 g/mol. The summed E-state index contributed by atoms with van der Waals surface area (Å²) in [5.41, 5.74) is 6.87. The molecule has 0 spiro atoms. The van der Waals surface area contributed by atoms with Crippen LogP contribution in [0.25, 0.3) is 11.3 Å². The summed E-state index contributed by atoms with van der Waals surface area (Å²) in [6.07, 6.45) is 0.507. The quantitative estimate of drug-likeness (QED) is 0.900. The number of halogens is 2. The van der Waals surface area contributed by atoms with E-state index in [0.29, 0.717) is 12.2 Å². The van der Waals surface area contributed by atoms with E-state index in [0.717, 1.165) is 15.8 Å². The molecule has 1 heterocycles. The molecule has 0 aliphatic carbocycles. The van der Waals surface area contributed by atoms with Gasteiger partial charge in [0.15, 0.2) is 0 Å². The average molecular weight is 333 g/mol. The van der Waals surface area contributed by atoms with Gasteiger partial charge in [0.1, 0.15) is 11.5 Å². The van der Waals surface area contributed by atoms with Crippen LogP contribution in [-0.2, 0) is 0 Å². The topological polar surface area (TPSA) is 59.4 Å². The molecule has 1 unspecified atom stereocenters. The van der Waals surface area contributed by atoms with Crippen LogP contribution in [0.1, 0.15) is 18.2 Å². The Morgan fingerprint density at radius 1 is 1.17 bits per heavy atom. The van der Waals surface area contributed by atoms with Gasteiger partial charge in [-0.3, -0.25) is 0 Å². The fraction of sp³-hybridized carbons (Fsp3) is 0.231. The third kappa shape index (κ3) is 3.59. The molecule has 1 aromatic heterocycles. The third-order valence-corrected chi connectivity index (χ3v) is 3.09. The number of nitrogens with two attached hydrogens (primary N) is 1. The van der Waals surface area contributed by atoms with E-state index in [2.05, 4.69) is 15.9 Å². The summed E-state index contributed by atoms with van der Waals surface area (Å²) < 4.78 is 6.70. The van der Waals surface area contributed by atoms with Crippen LogP contribution in [0.4, 0.5) is 0 Å². The summed E-state index contributed by atoms with van der Waals surface area (Å²) in [5.74, 6) is 1.50. The molecule has 2 rings (SSSR count). The highest BCUT2D eigenvalue weighted by Gasteiger charge is 2.11. The van der Waals surface area contributed by atoms with Gasteiger partial charge in [-0.15, -0.1) is 12.4 Å². The van der Waals surface area contributed by atoms with Gasteiger partial charge in [-0.2, -0.15) is 0 Å². The second-order valence-electron chi connectivity index (χ2n) is 3.83. The first-order chi connectivity index (χ1) is 8.20. The highest BCUT2D eigenvalue weighted by molar-refractivity contribution is 9.10. The van der Waals surface area contributed by atoms with Gasteiger partial charge >= 0.3 is 0 Å². The molecule has 1 aromatic carbocycles. The molecule has 5 heteroatoms. The maximum atomic E-state index is 8.83. The van der Waals surface area contributed by atoms with Gasteiger partial charge in [-0.1, -0.05) is 28.1 Å². The molecule has 2 aromatic rings. The molecule has 0 amide bonds. The zero-order valence-electron chi connectivity index (χ0n) is 9.67. The van der Waals surface area contributed by atoms with Crippen molar-refractivity contribution in [1.82, 2.24) is 0 Å². The number of hydrogen-bond acceptors (Lipinski definition) is 3. The maximum Gasteiger partial charge on any atom is 0.134 e. The first-order valence-corrected chi connectivity index (χ1v) is 6.22.